The summed E-state index contributed by atoms with van der Waals surface area (Å²) in [5, 5.41) is 0. The Labute approximate surface area is 570 Å². The number of carbonyl (C=O) groups excluding carboxylic acids is 2. The number of carbonyl (C=O) groups is 2. The highest BCUT2D eigenvalue weighted by Crippen LogP contribution is 2.38. The van der Waals surface area contributed by atoms with E-state index in [0.717, 1.165) is 83.5 Å². The second-order valence-electron chi connectivity index (χ2n) is 27.3. The molecular weight excluding hydrogens is 1160 g/mol. The van der Waals surface area contributed by atoms with Gasteiger partial charge in [-0.05, 0) is 89.9 Å². The van der Waals surface area contributed by atoms with E-state index >= 15 is 0 Å². The largest absolute Gasteiger partial charge is 0.756 e. The van der Waals surface area contributed by atoms with Crippen LogP contribution in [-0.4, -0.2) is 70.0 Å². The summed E-state index contributed by atoms with van der Waals surface area (Å²) < 4.78 is 34.4. The molecule has 534 valence electrons. The number of phosphoric acid groups is 1. The van der Waals surface area contributed by atoms with Crippen molar-refractivity contribution in [2.24, 2.45) is 0 Å². The molecule has 0 amide bonds. The van der Waals surface area contributed by atoms with Crippen LogP contribution in [0.5, 0.6) is 0 Å². The number of likely N-dealkylation sites (N-methyl/N-ethyl adjacent to an activating group) is 1. The third-order valence-electron chi connectivity index (χ3n) is 17.1. The second kappa shape index (κ2) is 72.2. The highest BCUT2D eigenvalue weighted by molar-refractivity contribution is 7.45. The van der Waals surface area contributed by atoms with E-state index in [9.17, 15) is 19.0 Å². The van der Waals surface area contributed by atoms with E-state index in [1.807, 2.05) is 21.1 Å². The number of hydrogen-bond donors (Lipinski definition) is 0. The lowest BCUT2D eigenvalue weighted by molar-refractivity contribution is -0.870. The van der Waals surface area contributed by atoms with Crippen LogP contribution in [-0.2, 0) is 32.7 Å². The molecule has 0 heterocycles. The molecule has 0 radical (unpaired) electrons. The first-order valence-electron chi connectivity index (χ1n) is 38.9. The predicted molar refractivity (Wildman–Crippen MR) is 397 cm³/mol. The fourth-order valence-electron chi connectivity index (χ4n) is 11.2. The molecule has 0 bridgehead atoms. The SMILES string of the molecule is CC/C=C\C/C=C\C/C=C\C/C=C\CCCCCCCCCCCCCCCCCCCCCCCCC(=O)OC(COC(=O)CCCCCCCCCCCCCCCCCCCCCC/C=C\C/C=C\C/C=C\C/C=C\CC)COP(=O)([O-])OCC[N+](C)(C)C. The maximum absolute atomic E-state index is 12.9. The number of phosphoric ester groups is 1. The molecule has 0 rings (SSSR count). The third-order valence-corrected chi connectivity index (χ3v) is 18.1. The van der Waals surface area contributed by atoms with Gasteiger partial charge in [-0.3, -0.25) is 14.2 Å². The van der Waals surface area contributed by atoms with Crippen molar-refractivity contribution >= 4 is 19.8 Å². The van der Waals surface area contributed by atoms with Gasteiger partial charge in [0, 0.05) is 12.8 Å². The fraction of sp³-hybridized carbons (Fsp3) is 0.780. The Hall–Kier alpha value is -3.07. The molecule has 0 aromatic carbocycles. The molecule has 0 fully saturated rings. The third kappa shape index (κ3) is 76.0. The van der Waals surface area contributed by atoms with Gasteiger partial charge in [0.1, 0.15) is 19.8 Å². The Morgan fingerprint density at radius 1 is 0.337 bits per heavy atom. The van der Waals surface area contributed by atoms with Crippen LogP contribution < -0.4 is 4.89 Å². The van der Waals surface area contributed by atoms with E-state index in [0.29, 0.717) is 17.4 Å². The van der Waals surface area contributed by atoms with E-state index in [4.69, 9.17) is 18.5 Å². The number of allylic oxidation sites excluding steroid dienone is 16. The van der Waals surface area contributed by atoms with Crippen LogP contribution in [0.4, 0.5) is 0 Å². The van der Waals surface area contributed by atoms with Crippen LogP contribution in [0, 0.1) is 0 Å². The molecule has 0 aliphatic heterocycles. The lowest BCUT2D eigenvalue weighted by atomic mass is 10.0. The van der Waals surface area contributed by atoms with Crippen LogP contribution in [0.3, 0.4) is 0 Å². The van der Waals surface area contributed by atoms with Crippen molar-refractivity contribution < 1.29 is 42.1 Å². The van der Waals surface area contributed by atoms with Crippen LogP contribution in [0.25, 0.3) is 0 Å². The van der Waals surface area contributed by atoms with Gasteiger partial charge in [0.25, 0.3) is 7.82 Å². The molecule has 10 heteroatoms. The first-order chi connectivity index (χ1) is 45.0. The molecule has 0 saturated heterocycles. The summed E-state index contributed by atoms with van der Waals surface area (Å²) in [6, 6.07) is 0. The number of esters is 2. The number of nitrogens with zero attached hydrogens (tertiary/aromatic N) is 1. The topological polar surface area (TPSA) is 111 Å². The zero-order chi connectivity index (χ0) is 66.9. The van der Waals surface area contributed by atoms with Gasteiger partial charge in [0.05, 0.1) is 27.7 Å². The summed E-state index contributed by atoms with van der Waals surface area (Å²) >= 11 is 0. The molecule has 0 N–H and O–H groups in total. The monoisotopic (exact) mass is 1310 g/mol. The van der Waals surface area contributed by atoms with E-state index in [-0.39, 0.29) is 32.0 Å². The lowest BCUT2D eigenvalue weighted by Crippen LogP contribution is -2.37. The summed E-state index contributed by atoms with van der Waals surface area (Å²) in [5.41, 5.74) is 0. The van der Waals surface area contributed by atoms with E-state index in [1.54, 1.807) is 0 Å². The first-order valence-corrected chi connectivity index (χ1v) is 40.4. The predicted octanol–water partition coefficient (Wildman–Crippen LogP) is 25.2. The van der Waals surface area contributed by atoms with Crippen LogP contribution in [0.2, 0.25) is 0 Å². The van der Waals surface area contributed by atoms with Crippen molar-refractivity contribution in [3.8, 4) is 0 Å². The van der Waals surface area contributed by atoms with Crippen molar-refractivity contribution in [2.75, 3.05) is 47.5 Å². The average molecular weight is 1310 g/mol. The van der Waals surface area contributed by atoms with Gasteiger partial charge >= 0.3 is 11.9 Å². The van der Waals surface area contributed by atoms with Crippen molar-refractivity contribution in [2.45, 2.75) is 367 Å². The van der Waals surface area contributed by atoms with E-state index in [1.165, 1.54) is 244 Å². The normalized spacial score (nSPS) is 13.6. The number of quaternary nitrogens is 1. The van der Waals surface area contributed by atoms with Crippen molar-refractivity contribution in [1.29, 1.82) is 0 Å². The zero-order valence-electron chi connectivity index (χ0n) is 61.0. The standard InChI is InChI=1S/C82H148NO8P/c1-6-8-10-12-14-16-18-20-22-24-26-28-30-32-34-36-38-40-41-43-45-47-49-51-53-55-57-59-61-63-65-67-69-71-73-75-82(85)91-80(79-90-92(86,87)89-77-76-83(3,4)5)78-88-81(84)74-72-70-68-66-64-62-60-58-56-54-52-50-48-46-44-42-39-37-35-33-31-29-27-25-23-21-19-17-15-13-11-9-7-2/h8-11,14-17,20-23,26-29,80H,6-7,12-13,18-19,24-25,30-79H2,1-5H3/b10-8-,11-9-,16-14-,17-15-,22-20-,23-21-,28-26-,29-27-. The summed E-state index contributed by atoms with van der Waals surface area (Å²) in [6.45, 7) is 4.07. The molecule has 92 heavy (non-hydrogen) atoms. The molecule has 2 unspecified atom stereocenters. The highest BCUT2D eigenvalue weighted by Gasteiger charge is 2.22. The van der Waals surface area contributed by atoms with Gasteiger partial charge in [-0.15, -0.1) is 0 Å². The average Bonchev–Trinajstić information content (AvgIpc) is 2.14. The van der Waals surface area contributed by atoms with Crippen LogP contribution in [0.1, 0.15) is 361 Å². The molecular formula is C82H148NO8P. The minimum atomic E-state index is -4.65. The summed E-state index contributed by atoms with van der Waals surface area (Å²) in [5.74, 6) is -0.815. The van der Waals surface area contributed by atoms with Crippen molar-refractivity contribution in [3.05, 3.63) is 97.2 Å². The lowest BCUT2D eigenvalue weighted by Gasteiger charge is -2.28. The molecule has 0 aromatic heterocycles. The Balaban J connectivity index is 3.94. The summed E-state index contributed by atoms with van der Waals surface area (Å²) in [4.78, 5) is 38.2. The van der Waals surface area contributed by atoms with Gasteiger partial charge in [0.2, 0.25) is 0 Å². The Morgan fingerprint density at radius 2 is 0.587 bits per heavy atom. The minimum Gasteiger partial charge on any atom is -0.756 e. The van der Waals surface area contributed by atoms with Crippen LogP contribution >= 0.6 is 7.82 Å². The molecule has 9 nitrogen and oxygen atoms in total. The Bertz CT molecular complexity index is 1880. The highest BCUT2D eigenvalue weighted by atomic mass is 31.2. The summed E-state index contributed by atoms with van der Waals surface area (Å²) in [6.07, 6.45) is 101. The molecule has 0 aromatic rings. The van der Waals surface area contributed by atoms with Gasteiger partial charge in [-0.25, -0.2) is 0 Å². The number of rotatable bonds is 72. The van der Waals surface area contributed by atoms with E-state index < -0.39 is 26.5 Å². The fourth-order valence-corrected chi connectivity index (χ4v) is 12.0. The molecule has 0 saturated carbocycles. The zero-order valence-corrected chi connectivity index (χ0v) is 61.9. The van der Waals surface area contributed by atoms with E-state index in [2.05, 4.69) is 111 Å². The Morgan fingerprint density at radius 3 is 0.870 bits per heavy atom. The van der Waals surface area contributed by atoms with Gasteiger partial charge < -0.3 is 27.9 Å². The molecule has 0 aliphatic rings. The second-order valence-corrected chi connectivity index (χ2v) is 28.7. The molecule has 0 spiro atoms. The Kier molecular flexibility index (Phi) is 69.8. The smallest absolute Gasteiger partial charge is 0.306 e. The number of hydrogen-bond acceptors (Lipinski definition) is 8. The maximum Gasteiger partial charge on any atom is 0.306 e. The molecule has 0 aliphatic carbocycles. The quantitative estimate of drug-likeness (QED) is 0.0195. The first kappa shape index (κ1) is 88.9. The van der Waals surface area contributed by atoms with Gasteiger partial charge in [-0.2, -0.15) is 0 Å². The number of unbranched alkanes of at least 4 members (excludes halogenated alkanes) is 42. The molecule has 2 atom stereocenters. The maximum atomic E-state index is 12.9. The minimum absolute atomic E-state index is 0.0304. The summed E-state index contributed by atoms with van der Waals surface area (Å²) in [7, 11) is 1.18. The van der Waals surface area contributed by atoms with Gasteiger partial charge in [-0.1, -0.05) is 355 Å². The van der Waals surface area contributed by atoms with Crippen molar-refractivity contribution in [1.82, 2.24) is 0 Å². The van der Waals surface area contributed by atoms with Crippen LogP contribution in [0.15, 0.2) is 97.2 Å². The number of ether oxygens (including phenoxy) is 2. The van der Waals surface area contributed by atoms with Gasteiger partial charge in [0.15, 0.2) is 6.10 Å². The van der Waals surface area contributed by atoms with Crippen molar-refractivity contribution in [3.63, 3.8) is 0 Å².